The summed E-state index contributed by atoms with van der Waals surface area (Å²) >= 11 is 8.03. The van der Waals surface area contributed by atoms with Gasteiger partial charge in [0.1, 0.15) is 0 Å². The molecule has 0 atom stereocenters. The Morgan fingerprint density at radius 1 is 0.778 bits per heavy atom. The second-order valence-electron chi connectivity index (χ2n) is 8.40. The molecule has 3 heteroatoms. The van der Waals surface area contributed by atoms with E-state index in [-0.39, 0.29) is 8.65 Å². The largest absolute Gasteiger partial charge is 0.306 e. The number of likely N-dealkylation sites (N-methyl/N-ethyl adjacent to an activating group) is 1. The molecule has 144 valence electrons. The Bertz CT molecular complexity index is 742. The normalized spacial score (nSPS) is 19.3. The van der Waals surface area contributed by atoms with Gasteiger partial charge in [-0.05, 0) is 80.8 Å². The van der Waals surface area contributed by atoms with Crippen LogP contribution < -0.4 is 0 Å². The first-order valence-corrected chi connectivity index (χ1v) is 11.8. The highest BCUT2D eigenvalue weighted by molar-refractivity contribution is 9.10. The third-order valence-electron chi connectivity index (χ3n) is 6.11. The molecule has 0 spiro atoms. The zero-order valence-electron chi connectivity index (χ0n) is 16.2. The number of alkyl halides is 2. The number of hydrogen-bond acceptors (Lipinski definition) is 1. The molecule has 4 rings (SSSR count). The Labute approximate surface area is 180 Å². The van der Waals surface area contributed by atoms with Crippen molar-refractivity contribution in [2.24, 2.45) is 0 Å². The van der Waals surface area contributed by atoms with Gasteiger partial charge in [-0.15, -0.1) is 0 Å². The highest BCUT2D eigenvalue weighted by atomic mass is 79.9. The zero-order valence-corrected chi connectivity index (χ0v) is 19.4. The zero-order chi connectivity index (χ0) is 18.9. The van der Waals surface area contributed by atoms with Crippen molar-refractivity contribution in [1.29, 1.82) is 0 Å². The van der Waals surface area contributed by atoms with Crippen molar-refractivity contribution in [1.82, 2.24) is 4.90 Å². The lowest BCUT2D eigenvalue weighted by molar-refractivity contribution is 0.333. The van der Waals surface area contributed by atoms with Crippen LogP contribution in [0.5, 0.6) is 0 Å². The molecule has 0 aromatic heterocycles. The van der Waals surface area contributed by atoms with Crippen LogP contribution in [-0.2, 0) is 21.5 Å². The number of nitrogens with zero attached hydrogens (tertiary/aromatic N) is 1. The van der Waals surface area contributed by atoms with Crippen molar-refractivity contribution in [3.8, 4) is 0 Å². The molecule has 0 bridgehead atoms. The van der Waals surface area contributed by atoms with Crippen LogP contribution in [0.4, 0.5) is 0 Å². The highest BCUT2D eigenvalue weighted by Crippen LogP contribution is 2.59. The molecule has 27 heavy (non-hydrogen) atoms. The molecule has 2 aliphatic rings. The van der Waals surface area contributed by atoms with Crippen LogP contribution in [0.2, 0.25) is 0 Å². The van der Waals surface area contributed by atoms with Crippen molar-refractivity contribution >= 4 is 31.9 Å². The first-order chi connectivity index (χ1) is 13.0. The SMILES string of the molecule is CN(CCCc1c(C2(Br)CC2)cccc1C1(Br)CC1)CCc1ccccc1. The summed E-state index contributed by atoms with van der Waals surface area (Å²) in [5.41, 5.74) is 6.15. The molecule has 0 saturated heterocycles. The first-order valence-electron chi connectivity index (χ1n) is 10.2. The third-order valence-corrected chi connectivity index (χ3v) is 8.55. The summed E-state index contributed by atoms with van der Waals surface area (Å²) in [6.45, 7) is 2.29. The van der Waals surface area contributed by atoms with E-state index in [0.29, 0.717) is 0 Å². The lowest BCUT2D eigenvalue weighted by Gasteiger charge is -2.22. The lowest BCUT2D eigenvalue weighted by Crippen LogP contribution is -2.23. The topological polar surface area (TPSA) is 3.24 Å². The van der Waals surface area contributed by atoms with Gasteiger partial charge in [0.15, 0.2) is 0 Å². The number of hydrogen-bond donors (Lipinski definition) is 0. The summed E-state index contributed by atoms with van der Waals surface area (Å²) in [7, 11) is 2.26. The van der Waals surface area contributed by atoms with Gasteiger partial charge in [0.2, 0.25) is 0 Å². The smallest absolute Gasteiger partial charge is 0.0510 e. The number of halogens is 2. The van der Waals surface area contributed by atoms with Crippen LogP contribution in [0, 0.1) is 0 Å². The number of benzene rings is 2. The molecule has 0 unspecified atom stereocenters. The van der Waals surface area contributed by atoms with Crippen LogP contribution in [0.25, 0.3) is 0 Å². The Hall–Kier alpha value is -0.640. The Kier molecular flexibility index (Phi) is 5.83. The summed E-state index contributed by atoms with van der Waals surface area (Å²) in [4.78, 5) is 2.48. The first kappa shape index (κ1) is 19.7. The van der Waals surface area contributed by atoms with Crippen LogP contribution >= 0.6 is 31.9 Å². The maximum Gasteiger partial charge on any atom is 0.0510 e. The molecule has 0 heterocycles. The van der Waals surface area contributed by atoms with Crippen LogP contribution in [0.15, 0.2) is 48.5 Å². The van der Waals surface area contributed by atoms with E-state index in [1.54, 1.807) is 16.7 Å². The Balaban J connectivity index is 1.38. The van der Waals surface area contributed by atoms with Gasteiger partial charge < -0.3 is 4.90 Å². The van der Waals surface area contributed by atoms with Crippen molar-refractivity contribution in [2.45, 2.75) is 53.6 Å². The quantitative estimate of drug-likeness (QED) is 0.359. The highest BCUT2D eigenvalue weighted by Gasteiger charge is 2.47. The van der Waals surface area contributed by atoms with Crippen molar-refractivity contribution < 1.29 is 0 Å². The van der Waals surface area contributed by atoms with Gasteiger partial charge in [0.05, 0.1) is 8.65 Å². The fourth-order valence-corrected chi connectivity index (χ4v) is 5.20. The minimum absolute atomic E-state index is 0.260. The molecule has 2 aromatic carbocycles. The van der Waals surface area contributed by atoms with E-state index in [2.05, 4.69) is 92.3 Å². The Morgan fingerprint density at radius 3 is 1.93 bits per heavy atom. The van der Waals surface area contributed by atoms with Gasteiger partial charge in [0, 0.05) is 6.54 Å². The van der Waals surface area contributed by atoms with Crippen LogP contribution in [0.3, 0.4) is 0 Å². The molecule has 2 aliphatic carbocycles. The maximum atomic E-state index is 4.02. The fourth-order valence-electron chi connectivity index (χ4n) is 4.06. The van der Waals surface area contributed by atoms with E-state index in [1.165, 1.54) is 44.1 Å². The van der Waals surface area contributed by atoms with E-state index < -0.39 is 0 Å². The minimum atomic E-state index is 0.260. The van der Waals surface area contributed by atoms with Crippen LogP contribution in [-0.4, -0.2) is 25.0 Å². The summed E-state index contributed by atoms with van der Waals surface area (Å²) in [6.07, 6.45) is 8.63. The molecular weight excluding hydrogens is 462 g/mol. The van der Waals surface area contributed by atoms with E-state index in [9.17, 15) is 0 Å². The molecule has 0 radical (unpaired) electrons. The maximum absolute atomic E-state index is 4.02. The van der Waals surface area contributed by atoms with Gasteiger partial charge in [-0.25, -0.2) is 0 Å². The molecular formula is C24H29Br2N. The van der Waals surface area contributed by atoms with Gasteiger partial charge >= 0.3 is 0 Å². The predicted molar refractivity (Wildman–Crippen MR) is 122 cm³/mol. The standard InChI is InChI=1S/C24H29Br2N/c1-27(18-12-19-7-3-2-4-8-19)17-6-9-20-21(23(25)13-14-23)10-5-11-22(20)24(26)15-16-24/h2-5,7-8,10-11H,6,9,12-18H2,1H3. The van der Waals surface area contributed by atoms with Crippen molar-refractivity contribution in [3.63, 3.8) is 0 Å². The average molecular weight is 491 g/mol. The summed E-state index contributed by atoms with van der Waals surface area (Å²) in [6, 6.07) is 17.8. The Morgan fingerprint density at radius 2 is 1.37 bits per heavy atom. The van der Waals surface area contributed by atoms with Gasteiger partial charge in [-0.1, -0.05) is 80.4 Å². The second kappa shape index (κ2) is 8.00. The van der Waals surface area contributed by atoms with Gasteiger partial charge in [-0.3, -0.25) is 0 Å². The number of rotatable bonds is 9. The third kappa shape index (κ3) is 4.68. The molecule has 2 saturated carbocycles. The second-order valence-corrected chi connectivity index (χ2v) is 11.4. The lowest BCUT2D eigenvalue weighted by atomic mass is 9.91. The molecule has 2 aromatic rings. The molecule has 0 aliphatic heterocycles. The molecule has 1 nitrogen and oxygen atoms in total. The monoisotopic (exact) mass is 489 g/mol. The fraction of sp³-hybridized carbons (Fsp3) is 0.500. The summed E-state index contributed by atoms with van der Waals surface area (Å²) in [5, 5.41) is 0. The van der Waals surface area contributed by atoms with Crippen molar-refractivity contribution in [3.05, 3.63) is 70.8 Å². The van der Waals surface area contributed by atoms with Gasteiger partial charge in [-0.2, -0.15) is 0 Å². The van der Waals surface area contributed by atoms with E-state index in [0.717, 1.165) is 19.5 Å². The predicted octanol–water partition coefficient (Wildman–Crippen LogP) is 6.56. The van der Waals surface area contributed by atoms with Crippen molar-refractivity contribution in [2.75, 3.05) is 20.1 Å². The van der Waals surface area contributed by atoms with E-state index in [1.807, 2.05) is 0 Å². The van der Waals surface area contributed by atoms with Crippen LogP contribution in [0.1, 0.15) is 54.4 Å². The molecule has 0 N–H and O–H groups in total. The summed E-state index contributed by atoms with van der Waals surface area (Å²) < 4.78 is 0.519. The molecule has 0 amide bonds. The summed E-state index contributed by atoms with van der Waals surface area (Å²) in [5.74, 6) is 0. The van der Waals surface area contributed by atoms with E-state index in [4.69, 9.17) is 0 Å². The molecule has 2 fully saturated rings. The average Bonchev–Trinajstić information content (AvgIpc) is 3.60. The van der Waals surface area contributed by atoms with Gasteiger partial charge in [0.25, 0.3) is 0 Å². The minimum Gasteiger partial charge on any atom is -0.306 e. The van der Waals surface area contributed by atoms with E-state index >= 15 is 0 Å².